The molecule has 5 N–H and O–H groups in total. The highest BCUT2D eigenvalue weighted by Crippen LogP contribution is 2.14. The molecule has 1 atom stereocenters. The van der Waals surface area contributed by atoms with E-state index in [2.05, 4.69) is 37.5 Å². The first-order valence-corrected chi connectivity index (χ1v) is 9.37. The summed E-state index contributed by atoms with van der Waals surface area (Å²) in [6.45, 7) is 8.99. The molecule has 0 aliphatic carbocycles. The van der Waals surface area contributed by atoms with E-state index in [-0.39, 0.29) is 6.10 Å². The van der Waals surface area contributed by atoms with Gasteiger partial charge in [-0.25, -0.2) is 0 Å². The third kappa shape index (κ3) is 8.96. The fourth-order valence-electron chi connectivity index (χ4n) is 2.43. The average molecular weight is 381 g/mol. The summed E-state index contributed by atoms with van der Waals surface area (Å²) in [5, 5.41) is 9.45. The second-order valence-corrected chi connectivity index (χ2v) is 5.93. The molecular weight excluding hydrogens is 350 g/mol. The van der Waals surface area contributed by atoms with Crippen LogP contribution in [0.15, 0.2) is 12.7 Å². The number of nitrogens with two attached hydrogens (primary N) is 1. The third-order valence-corrected chi connectivity index (χ3v) is 3.72. The molecule has 27 heavy (non-hydrogen) atoms. The van der Waals surface area contributed by atoms with Crippen molar-refractivity contribution in [3.63, 3.8) is 0 Å². The lowest BCUT2D eigenvalue weighted by Gasteiger charge is -2.13. The van der Waals surface area contributed by atoms with Crippen LogP contribution in [0.2, 0.25) is 0 Å². The summed E-state index contributed by atoms with van der Waals surface area (Å²) in [6.07, 6.45) is 4.10. The highest BCUT2D eigenvalue weighted by molar-refractivity contribution is 5.42. The van der Waals surface area contributed by atoms with Gasteiger partial charge in [-0.2, -0.15) is 15.0 Å². The average Bonchev–Trinajstić information content (AvgIpc) is 3.20. The summed E-state index contributed by atoms with van der Waals surface area (Å²) in [5.74, 6) is 1.47. The Morgan fingerprint density at radius 2 is 1.74 bits per heavy atom. The van der Waals surface area contributed by atoms with E-state index in [1.165, 1.54) is 0 Å². The predicted molar refractivity (Wildman–Crippen MR) is 105 cm³/mol. The zero-order valence-electron chi connectivity index (χ0n) is 15.8. The number of rotatable bonds is 15. The van der Waals surface area contributed by atoms with E-state index in [0.717, 1.165) is 19.4 Å². The molecular formula is C17H31N7O3. The summed E-state index contributed by atoms with van der Waals surface area (Å²) in [7, 11) is 0. The van der Waals surface area contributed by atoms with Gasteiger partial charge < -0.3 is 35.9 Å². The molecule has 10 heteroatoms. The standard InChI is InChI=1S/C17H31N7O3/c1-2-6-19-15-22-16(20-7-10-26-12-11-25-9-5-18)24-17(23-15)21-13-14-4-3-8-27-14/h2,14H,1,3-13,18H2,(H3,19,20,21,22,23,24). The van der Waals surface area contributed by atoms with Crippen molar-refractivity contribution in [1.29, 1.82) is 0 Å². The molecule has 0 amide bonds. The summed E-state index contributed by atoms with van der Waals surface area (Å²) < 4.78 is 16.3. The summed E-state index contributed by atoms with van der Waals surface area (Å²) in [4.78, 5) is 13.1. The van der Waals surface area contributed by atoms with Crippen molar-refractivity contribution in [3.8, 4) is 0 Å². The van der Waals surface area contributed by atoms with Gasteiger partial charge in [0.15, 0.2) is 0 Å². The van der Waals surface area contributed by atoms with Crippen LogP contribution < -0.4 is 21.7 Å². The fourth-order valence-corrected chi connectivity index (χ4v) is 2.43. The van der Waals surface area contributed by atoms with Crippen LogP contribution in [0, 0.1) is 0 Å². The molecule has 0 radical (unpaired) electrons. The number of anilines is 3. The smallest absolute Gasteiger partial charge is 0.229 e. The summed E-state index contributed by atoms with van der Waals surface area (Å²) in [6, 6.07) is 0. The first-order chi connectivity index (χ1) is 13.3. The summed E-state index contributed by atoms with van der Waals surface area (Å²) >= 11 is 0. The molecule has 1 aromatic heterocycles. The lowest BCUT2D eigenvalue weighted by atomic mass is 10.2. The van der Waals surface area contributed by atoms with Crippen molar-refractivity contribution in [3.05, 3.63) is 12.7 Å². The van der Waals surface area contributed by atoms with E-state index in [9.17, 15) is 0 Å². The lowest BCUT2D eigenvalue weighted by Crippen LogP contribution is -2.21. The van der Waals surface area contributed by atoms with Gasteiger partial charge in [0.05, 0.1) is 32.5 Å². The fraction of sp³-hybridized carbons (Fsp3) is 0.706. The van der Waals surface area contributed by atoms with Crippen molar-refractivity contribution in [2.45, 2.75) is 18.9 Å². The number of hydrogen-bond acceptors (Lipinski definition) is 10. The van der Waals surface area contributed by atoms with Crippen LogP contribution in [0.25, 0.3) is 0 Å². The van der Waals surface area contributed by atoms with Gasteiger partial charge in [0, 0.05) is 32.8 Å². The highest BCUT2D eigenvalue weighted by atomic mass is 16.5. The van der Waals surface area contributed by atoms with E-state index >= 15 is 0 Å². The van der Waals surface area contributed by atoms with E-state index in [0.29, 0.717) is 70.5 Å². The van der Waals surface area contributed by atoms with Gasteiger partial charge >= 0.3 is 0 Å². The first-order valence-electron chi connectivity index (χ1n) is 9.37. The minimum atomic E-state index is 0.206. The number of hydrogen-bond donors (Lipinski definition) is 4. The van der Waals surface area contributed by atoms with Crippen LogP contribution in [0.1, 0.15) is 12.8 Å². The van der Waals surface area contributed by atoms with E-state index in [4.69, 9.17) is 19.9 Å². The Balaban J connectivity index is 1.77. The normalized spacial score (nSPS) is 16.3. The molecule has 1 aliphatic rings. The zero-order chi connectivity index (χ0) is 19.2. The molecule has 0 saturated carbocycles. The number of ether oxygens (including phenoxy) is 3. The maximum absolute atomic E-state index is 5.62. The lowest BCUT2D eigenvalue weighted by molar-refractivity contribution is 0.0547. The SMILES string of the molecule is C=CCNc1nc(NCCOCCOCCN)nc(NCC2CCCO2)n1. The molecule has 0 spiro atoms. The van der Waals surface area contributed by atoms with Gasteiger partial charge in [0.2, 0.25) is 17.8 Å². The number of nitrogens with one attached hydrogen (secondary N) is 3. The van der Waals surface area contributed by atoms with Crippen molar-refractivity contribution in [2.24, 2.45) is 5.73 Å². The Hall–Kier alpha value is -2.01. The highest BCUT2D eigenvalue weighted by Gasteiger charge is 2.16. The van der Waals surface area contributed by atoms with Crippen LogP contribution >= 0.6 is 0 Å². The molecule has 2 rings (SSSR count). The minimum Gasteiger partial charge on any atom is -0.378 e. The minimum absolute atomic E-state index is 0.206. The summed E-state index contributed by atoms with van der Waals surface area (Å²) in [5.41, 5.74) is 5.35. The molecule has 10 nitrogen and oxygen atoms in total. The molecule has 2 heterocycles. The van der Waals surface area contributed by atoms with Crippen LogP contribution in [-0.4, -0.2) is 80.3 Å². The predicted octanol–water partition coefficient (Wildman–Crippen LogP) is 0.464. The quantitative estimate of drug-likeness (QED) is 0.251. The van der Waals surface area contributed by atoms with Crippen molar-refractivity contribution in [2.75, 3.05) is 75.2 Å². The van der Waals surface area contributed by atoms with Gasteiger partial charge in [-0.15, -0.1) is 6.58 Å². The topological polar surface area (TPSA) is 128 Å². The van der Waals surface area contributed by atoms with E-state index in [1.807, 2.05) is 0 Å². The van der Waals surface area contributed by atoms with Gasteiger partial charge in [-0.3, -0.25) is 0 Å². The molecule has 1 aromatic rings. The van der Waals surface area contributed by atoms with E-state index < -0.39 is 0 Å². The second-order valence-electron chi connectivity index (χ2n) is 5.93. The Kier molecular flexibility index (Phi) is 10.4. The molecule has 0 aromatic carbocycles. The Labute approximate surface area is 160 Å². The molecule has 0 bridgehead atoms. The van der Waals surface area contributed by atoms with Gasteiger partial charge in [-0.1, -0.05) is 6.08 Å². The monoisotopic (exact) mass is 381 g/mol. The van der Waals surface area contributed by atoms with Gasteiger partial charge in [-0.05, 0) is 12.8 Å². The molecule has 152 valence electrons. The first kappa shape index (κ1) is 21.3. The Bertz CT molecular complexity index is 541. The molecule has 1 fully saturated rings. The maximum Gasteiger partial charge on any atom is 0.229 e. The van der Waals surface area contributed by atoms with Crippen LogP contribution in [-0.2, 0) is 14.2 Å². The van der Waals surface area contributed by atoms with Crippen LogP contribution in [0.5, 0.6) is 0 Å². The Morgan fingerprint density at radius 1 is 1.04 bits per heavy atom. The third-order valence-electron chi connectivity index (χ3n) is 3.72. The largest absolute Gasteiger partial charge is 0.378 e. The van der Waals surface area contributed by atoms with Crippen molar-refractivity contribution >= 4 is 17.8 Å². The zero-order valence-corrected chi connectivity index (χ0v) is 15.8. The molecule has 1 unspecified atom stereocenters. The van der Waals surface area contributed by atoms with Crippen molar-refractivity contribution < 1.29 is 14.2 Å². The van der Waals surface area contributed by atoms with Crippen LogP contribution in [0.3, 0.4) is 0 Å². The molecule has 1 aliphatic heterocycles. The maximum atomic E-state index is 5.62. The van der Waals surface area contributed by atoms with E-state index in [1.54, 1.807) is 6.08 Å². The van der Waals surface area contributed by atoms with Gasteiger partial charge in [0.1, 0.15) is 0 Å². The van der Waals surface area contributed by atoms with Crippen molar-refractivity contribution in [1.82, 2.24) is 15.0 Å². The number of aromatic nitrogens is 3. The van der Waals surface area contributed by atoms with Crippen LogP contribution in [0.4, 0.5) is 17.8 Å². The van der Waals surface area contributed by atoms with Gasteiger partial charge in [0.25, 0.3) is 0 Å². The Morgan fingerprint density at radius 3 is 2.41 bits per heavy atom. The molecule has 1 saturated heterocycles. The second kappa shape index (κ2) is 13.2. The number of nitrogens with zero attached hydrogens (tertiary/aromatic N) is 3.